The van der Waals surface area contributed by atoms with Crippen molar-refractivity contribution in [3.05, 3.63) is 42.3 Å². The predicted molar refractivity (Wildman–Crippen MR) is 64.0 cm³/mol. The van der Waals surface area contributed by atoms with E-state index in [-0.39, 0.29) is 6.54 Å². The average Bonchev–Trinajstić information content (AvgIpc) is 2.93. The molecule has 0 aliphatic carbocycles. The number of hydrogen-bond acceptors (Lipinski definition) is 3. The van der Waals surface area contributed by atoms with Gasteiger partial charge in [0.1, 0.15) is 5.69 Å². The highest BCUT2D eigenvalue weighted by Crippen LogP contribution is 2.21. The summed E-state index contributed by atoms with van der Waals surface area (Å²) in [5, 5.41) is 2.35. The molecule has 0 aromatic carbocycles. The molecule has 108 valence electrons. The number of anilines is 1. The summed E-state index contributed by atoms with van der Waals surface area (Å²) in [4.78, 5) is 6.35. The van der Waals surface area contributed by atoms with Gasteiger partial charge in [-0.05, 0) is 12.8 Å². The topological polar surface area (TPSA) is 42.7 Å². The molecule has 2 aromatic heterocycles. The van der Waals surface area contributed by atoms with Crippen molar-refractivity contribution in [2.24, 2.45) is 0 Å². The van der Waals surface area contributed by atoms with Gasteiger partial charge in [-0.2, -0.15) is 22.5 Å². The van der Waals surface area contributed by atoms with E-state index in [0.717, 1.165) is 6.42 Å². The number of aromatic nitrogens is 3. The molecule has 0 amide bonds. The summed E-state index contributed by atoms with van der Waals surface area (Å²) in [7, 11) is 0. The summed E-state index contributed by atoms with van der Waals surface area (Å²) < 4.78 is 54.0. The zero-order valence-corrected chi connectivity index (χ0v) is 10.4. The third kappa shape index (κ3) is 3.25. The highest BCUT2D eigenvalue weighted by Gasteiger charge is 2.20. The van der Waals surface area contributed by atoms with Crippen LogP contribution in [0.4, 0.5) is 23.2 Å². The van der Waals surface area contributed by atoms with Crippen LogP contribution in [0.1, 0.15) is 12.8 Å². The van der Waals surface area contributed by atoms with Gasteiger partial charge < -0.3 is 9.88 Å². The largest absolute Gasteiger partial charge is 0.380 e. The van der Waals surface area contributed by atoms with Gasteiger partial charge >= 0.3 is 0 Å². The van der Waals surface area contributed by atoms with Crippen molar-refractivity contribution in [2.45, 2.75) is 19.4 Å². The van der Waals surface area contributed by atoms with E-state index in [9.17, 15) is 17.6 Å². The van der Waals surface area contributed by atoms with Gasteiger partial charge in [-0.1, -0.05) is 0 Å². The summed E-state index contributed by atoms with van der Waals surface area (Å²) in [5.41, 5.74) is -0.822. The molecule has 0 spiro atoms. The zero-order chi connectivity index (χ0) is 14.5. The fraction of sp³-hybridized carbons (Fsp3) is 0.333. The second-order valence-corrected chi connectivity index (χ2v) is 4.13. The number of pyridine rings is 1. The molecule has 1 N–H and O–H groups in total. The Morgan fingerprint density at radius 1 is 1.05 bits per heavy atom. The van der Waals surface area contributed by atoms with E-state index >= 15 is 0 Å². The van der Waals surface area contributed by atoms with E-state index in [4.69, 9.17) is 0 Å². The maximum Gasteiger partial charge on any atom is 0.253 e. The maximum atomic E-state index is 13.3. The van der Waals surface area contributed by atoms with Gasteiger partial charge in [0.25, 0.3) is 11.9 Å². The van der Waals surface area contributed by atoms with Crippen LogP contribution in [-0.4, -0.2) is 21.1 Å². The second-order valence-electron chi connectivity index (χ2n) is 4.13. The Bertz CT molecular complexity index is 545. The van der Waals surface area contributed by atoms with Gasteiger partial charge in [0.05, 0.1) is 6.33 Å². The molecule has 20 heavy (non-hydrogen) atoms. The van der Waals surface area contributed by atoms with Crippen LogP contribution in [0.15, 0.2) is 18.7 Å². The smallest absolute Gasteiger partial charge is 0.253 e. The van der Waals surface area contributed by atoms with Crippen LogP contribution >= 0.6 is 0 Å². The number of nitrogens with zero attached hydrogens (tertiary/aromatic N) is 3. The van der Waals surface area contributed by atoms with E-state index in [1.165, 1.54) is 0 Å². The summed E-state index contributed by atoms with van der Waals surface area (Å²) in [6.07, 6.45) is 6.39. The molecule has 4 nitrogen and oxygen atoms in total. The highest BCUT2D eigenvalue weighted by molar-refractivity contribution is 5.45. The van der Waals surface area contributed by atoms with Gasteiger partial charge in [-0.15, -0.1) is 0 Å². The molecule has 8 heteroatoms. The second kappa shape index (κ2) is 6.36. The first-order valence-electron chi connectivity index (χ1n) is 5.99. The number of rotatable bonds is 6. The van der Waals surface area contributed by atoms with Crippen LogP contribution in [0, 0.1) is 23.5 Å². The Labute approximate surface area is 112 Å². The minimum atomic E-state index is -1.66. The molecule has 2 heterocycles. The lowest BCUT2D eigenvalue weighted by Crippen LogP contribution is -2.11. The molecule has 0 radical (unpaired) electrons. The third-order valence-electron chi connectivity index (χ3n) is 2.70. The molecule has 0 unspecified atom stereocenters. The summed E-state index contributed by atoms with van der Waals surface area (Å²) >= 11 is 0. The Balaban J connectivity index is 1.85. The Kier molecular flexibility index (Phi) is 4.54. The first-order valence-corrected chi connectivity index (χ1v) is 5.99. The van der Waals surface area contributed by atoms with Crippen molar-refractivity contribution in [1.29, 1.82) is 0 Å². The number of hydrogen-bond donors (Lipinski definition) is 1. The number of nitrogens with one attached hydrogen (secondary N) is 1. The highest BCUT2D eigenvalue weighted by atomic mass is 19.2. The van der Waals surface area contributed by atoms with Crippen LogP contribution < -0.4 is 5.32 Å². The molecular weight excluding hydrogens is 276 g/mol. The van der Waals surface area contributed by atoms with E-state index in [1.54, 1.807) is 18.7 Å². The van der Waals surface area contributed by atoms with Gasteiger partial charge in [0.15, 0.2) is 0 Å². The van der Waals surface area contributed by atoms with Gasteiger partial charge in [0, 0.05) is 25.5 Å². The summed E-state index contributed by atoms with van der Waals surface area (Å²) in [5.74, 6) is -6.35. The lowest BCUT2D eigenvalue weighted by atomic mass is 10.3. The lowest BCUT2D eigenvalue weighted by molar-refractivity contribution is 0.410. The average molecular weight is 288 g/mol. The third-order valence-corrected chi connectivity index (χ3v) is 2.70. The zero-order valence-electron chi connectivity index (χ0n) is 10.4. The van der Waals surface area contributed by atoms with E-state index < -0.39 is 29.2 Å². The summed E-state index contributed by atoms with van der Waals surface area (Å²) in [6, 6.07) is 0. The van der Waals surface area contributed by atoms with Crippen molar-refractivity contribution >= 4 is 5.69 Å². The van der Waals surface area contributed by atoms with Crippen molar-refractivity contribution in [3.8, 4) is 0 Å². The van der Waals surface area contributed by atoms with Crippen LogP contribution in [0.2, 0.25) is 0 Å². The molecule has 0 atom stereocenters. The minimum Gasteiger partial charge on any atom is -0.380 e. The van der Waals surface area contributed by atoms with E-state index in [2.05, 4.69) is 15.3 Å². The first-order chi connectivity index (χ1) is 9.59. The Morgan fingerprint density at radius 3 is 2.35 bits per heavy atom. The van der Waals surface area contributed by atoms with E-state index in [1.807, 2.05) is 4.57 Å². The van der Waals surface area contributed by atoms with Gasteiger partial charge in [-0.25, -0.2) is 4.98 Å². The molecule has 0 fully saturated rings. The van der Waals surface area contributed by atoms with Crippen molar-refractivity contribution < 1.29 is 17.6 Å². The quantitative estimate of drug-likeness (QED) is 0.505. The number of unbranched alkanes of at least 4 members (excludes halogenated alkanes) is 1. The SMILES string of the molecule is Fc1nc(F)c(F)c(NCCCCn2ccnc2)c1F. The molecule has 0 bridgehead atoms. The predicted octanol–water partition coefficient (Wildman–Crippen LogP) is 2.73. The molecule has 2 rings (SSSR count). The van der Waals surface area contributed by atoms with Crippen molar-refractivity contribution in [3.63, 3.8) is 0 Å². The van der Waals surface area contributed by atoms with Gasteiger partial charge in [0.2, 0.25) is 11.6 Å². The minimum absolute atomic E-state index is 0.186. The number of imidazole rings is 1. The summed E-state index contributed by atoms with van der Waals surface area (Å²) in [6.45, 7) is 0.886. The fourth-order valence-corrected chi connectivity index (χ4v) is 1.69. The Hall–Kier alpha value is -2.12. The van der Waals surface area contributed by atoms with Crippen LogP contribution in [0.3, 0.4) is 0 Å². The molecule has 0 aliphatic rings. The fourth-order valence-electron chi connectivity index (χ4n) is 1.69. The molecule has 0 aliphatic heterocycles. The standard InChI is InChI=1S/C12H12F4N4/c13-8-10(9(14)12(16)19-11(8)15)18-3-1-2-5-20-6-4-17-7-20/h4,6-7H,1-3,5H2,(H,18,19). The van der Waals surface area contributed by atoms with Crippen molar-refractivity contribution in [2.75, 3.05) is 11.9 Å². The molecule has 2 aromatic rings. The molecular formula is C12H12F4N4. The molecule has 0 saturated carbocycles. The first kappa shape index (κ1) is 14.3. The number of halogens is 4. The van der Waals surface area contributed by atoms with Crippen LogP contribution in [0.25, 0.3) is 0 Å². The normalized spacial score (nSPS) is 10.8. The maximum absolute atomic E-state index is 13.3. The van der Waals surface area contributed by atoms with E-state index in [0.29, 0.717) is 13.0 Å². The van der Waals surface area contributed by atoms with Crippen LogP contribution in [-0.2, 0) is 6.54 Å². The van der Waals surface area contributed by atoms with Crippen molar-refractivity contribution in [1.82, 2.24) is 14.5 Å². The Morgan fingerprint density at radius 2 is 1.75 bits per heavy atom. The molecule has 0 saturated heterocycles. The van der Waals surface area contributed by atoms with Gasteiger partial charge in [-0.3, -0.25) is 0 Å². The monoisotopic (exact) mass is 288 g/mol. The lowest BCUT2D eigenvalue weighted by Gasteiger charge is -2.09. The number of aryl methyl sites for hydroxylation is 1. The van der Waals surface area contributed by atoms with Crippen LogP contribution in [0.5, 0.6) is 0 Å².